The zero-order valence-electron chi connectivity index (χ0n) is 11.6. The minimum atomic E-state index is 0.445. The van der Waals surface area contributed by atoms with Crippen molar-refractivity contribution in [3.8, 4) is 0 Å². The third kappa shape index (κ3) is 3.59. The molecule has 1 saturated carbocycles. The van der Waals surface area contributed by atoms with Crippen LogP contribution in [0.2, 0.25) is 0 Å². The Hall–Kier alpha value is -0.800. The molecule has 2 atom stereocenters. The number of furan rings is 1. The molecule has 3 heteroatoms. The Balaban J connectivity index is 1.81. The Morgan fingerprint density at radius 1 is 1.44 bits per heavy atom. The average Bonchev–Trinajstić information content (AvgIpc) is 2.85. The molecule has 1 N–H and O–H groups in total. The van der Waals surface area contributed by atoms with E-state index in [1.54, 1.807) is 6.26 Å². The zero-order chi connectivity index (χ0) is 12.8. The molecular weight excluding hydrogens is 226 g/mol. The monoisotopic (exact) mass is 251 g/mol. The maximum Gasteiger partial charge on any atom is 0.123 e. The van der Waals surface area contributed by atoms with Crippen molar-refractivity contribution in [2.75, 3.05) is 7.05 Å². The van der Waals surface area contributed by atoms with Gasteiger partial charge in [0.1, 0.15) is 5.76 Å². The molecule has 0 saturated heterocycles. The highest BCUT2D eigenvalue weighted by Crippen LogP contribution is 2.29. The first-order valence-electron chi connectivity index (χ1n) is 7.15. The van der Waals surface area contributed by atoms with Crippen LogP contribution in [0.15, 0.2) is 16.7 Å². The molecule has 2 unspecified atom stereocenters. The molecule has 1 fully saturated rings. The lowest BCUT2D eigenvalue weighted by Crippen LogP contribution is -2.22. The van der Waals surface area contributed by atoms with E-state index >= 15 is 0 Å². The molecular formula is C15H25NO2. The van der Waals surface area contributed by atoms with E-state index < -0.39 is 0 Å². The summed E-state index contributed by atoms with van der Waals surface area (Å²) in [6, 6.07) is 2.02. The second-order valence-electron chi connectivity index (χ2n) is 5.27. The molecule has 0 aliphatic heterocycles. The van der Waals surface area contributed by atoms with Crippen LogP contribution in [0.4, 0.5) is 0 Å². The number of hydrogen-bond acceptors (Lipinski definition) is 3. The van der Waals surface area contributed by atoms with Gasteiger partial charge in [-0.25, -0.2) is 0 Å². The van der Waals surface area contributed by atoms with E-state index in [-0.39, 0.29) is 0 Å². The summed E-state index contributed by atoms with van der Waals surface area (Å²) in [5.41, 5.74) is 1.18. The van der Waals surface area contributed by atoms with E-state index in [9.17, 15) is 0 Å². The first-order chi connectivity index (χ1) is 8.83. The molecule has 0 radical (unpaired) electrons. The summed E-state index contributed by atoms with van der Waals surface area (Å²) in [5.74, 6) is 1.87. The normalized spacial score (nSPS) is 24.3. The van der Waals surface area contributed by atoms with Gasteiger partial charge in [-0.2, -0.15) is 0 Å². The summed E-state index contributed by atoms with van der Waals surface area (Å²) in [5, 5.41) is 3.12. The predicted molar refractivity (Wildman–Crippen MR) is 72.3 cm³/mol. The van der Waals surface area contributed by atoms with Crippen molar-refractivity contribution >= 4 is 0 Å². The molecule has 0 amide bonds. The van der Waals surface area contributed by atoms with E-state index in [2.05, 4.69) is 12.2 Å². The van der Waals surface area contributed by atoms with Crippen LogP contribution in [0.3, 0.4) is 0 Å². The van der Waals surface area contributed by atoms with Crippen LogP contribution >= 0.6 is 0 Å². The van der Waals surface area contributed by atoms with E-state index in [4.69, 9.17) is 9.15 Å². The van der Waals surface area contributed by atoms with Gasteiger partial charge in [-0.05, 0) is 31.9 Å². The van der Waals surface area contributed by atoms with Gasteiger partial charge in [0.25, 0.3) is 0 Å². The molecule has 0 bridgehead atoms. The van der Waals surface area contributed by atoms with Gasteiger partial charge in [0, 0.05) is 5.56 Å². The van der Waals surface area contributed by atoms with Crippen LogP contribution in [0.25, 0.3) is 0 Å². The van der Waals surface area contributed by atoms with Gasteiger partial charge in [-0.3, -0.25) is 0 Å². The summed E-state index contributed by atoms with van der Waals surface area (Å²) in [6.45, 7) is 3.75. The van der Waals surface area contributed by atoms with Crippen molar-refractivity contribution in [1.82, 2.24) is 5.32 Å². The lowest BCUT2D eigenvalue weighted by molar-refractivity contribution is 0.00120. The number of rotatable bonds is 6. The topological polar surface area (TPSA) is 34.4 Å². The molecule has 0 spiro atoms. The third-order valence-electron chi connectivity index (χ3n) is 3.96. The SMILES string of the molecule is CCC1CCCC(OCc2ccoc2CNC)C1. The van der Waals surface area contributed by atoms with Crippen molar-refractivity contribution in [3.63, 3.8) is 0 Å². The van der Waals surface area contributed by atoms with Crippen molar-refractivity contribution in [1.29, 1.82) is 0 Å². The minimum absolute atomic E-state index is 0.445. The average molecular weight is 251 g/mol. The molecule has 1 aliphatic rings. The Bertz CT molecular complexity index is 348. The van der Waals surface area contributed by atoms with Crippen molar-refractivity contribution in [2.24, 2.45) is 5.92 Å². The number of ether oxygens (including phenoxy) is 1. The van der Waals surface area contributed by atoms with Crippen LogP contribution < -0.4 is 5.32 Å². The molecule has 3 nitrogen and oxygen atoms in total. The lowest BCUT2D eigenvalue weighted by atomic mass is 9.85. The summed E-state index contributed by atoms with van der Waals surface area (Å²) in [4.78, 5) is 0. The fourth-order valence-electron chi connectivity index (χ4n) is 2.78. The van der Waals surface area contributed by atoms with Gasteiger partial charge in [0.15, 0.2) is 0 Å². The summed E-state index contributed by atoms with van der Waals surface area (Å²) < 4.78 is 11.5. The quantitative estimate of drug-likeness (QED) is 0.840. The van der Waals surface area contributed by atoms with Gasteiger partial charge in [0.2, 0.25) is 0 Å². The summed E-state index contributed by atoms with van der Waals surface area (Å²) >= 11 is 0. The minimum Gasteiger partial charge on any atom is -0.468 e. The van der Waals surface area contributed by atoms with Crippen LogP contribution in [-0.4, -0.2) is 13.2 Å². The van der Waals surface area contributed by atoms with E-state index in [1.807, 2.05) is 13.1 Å². The number of nitrogens with one attached hydrogen (secondary N) is 1. The maximum atomic E-state index is 6.06. The standard InChI is InChI=1S/C15H25NO2/c1-3-12-5-4-6-14(9-12)18-11-13-7-8-17-15(13)10-16-2/h7-8,12,14,16H,3-6,9-11H2,1-2H3. The second kappa shape index (κ2) is 6.95. The Kier molecular flexibility index (Phi) is 5.26. The predicted octanol–water partition coefficient (Wildman–Crippen LogP) is 3.48. The van der Waals surface area contributed by atoms with Crippen LogP contribution in [-0.2, 0) is 17.9 Å². The van der Waals surface area contributed by atoms with Gasteiger partial charge in [0.05, 0.1) is 25.5 Å². The highest BCUT2D eigenvalue weighted by Gasteiger charge is 2.21. The van der Waals surface area contributed by atoms with E-state index in [1.165, 1.54) is 37.7 Å². The fourth-order valence-corrected chi connectivity index (χ4v) is 2.78. The largest absolute Gasteiger partial charge is 0.468 e. The summed E-state index contributed by atoms with van der Waals surface area (Å²) in [7, 11) is 1.93. The fraction of sp³-hybridized carbons (Fsp3) is 0.733. The Morgan fingerprint density at radius 2 is 2.33 bits per heavy atom. The molecule has 102 valence electrons. The first-order valence-corrected chi connectivity index (χ1v) is 7.15. The molecule has 1 heterocycles. The van der Waals surface area contributed by atoms with Crippen molar-refractivity contribution < 1.29 is 9.15 Å². The highest BCUT2D eigenvalue weighted by molar-refractivity contribution is 5.15. The van der Waals surface area contributed by atoms with Crippen molar-refractivity contribution in [3.05, 3.63) is 23.7 Å². The second-order valence-corrected chi connectivity index (χ2v) is 5.27. The molecule has 18 heavy (non-hydrogen) atoms. The Morgan fingerprint density at radius 3 is 3.11 bits per heavy atom. The third-order valence-corrected chi connectivity index (χ3v) is 3.96. The van der Waals surface area contributed by atoms with Gasteiger partial charge >= 0.3 is 0 Å². The molecule has 1 aromatic heterocycles. The van der Waals surface area contributed by atoms with E-state index in [0.717, 1.165) is 18.2 Å². The van der Waals surface area contributed by atoms with Crippen LogP contribution in [0, 0.1) is 5.92 Å². The van der Waals surface area contributed by atoms with Gasteiger partial charge in [-0.15, -0.1) is 0 Å². The van der Waals surface area contributed by atoms with E-state index in [0.29, 0.717) is 12.7 Å². The zero-order valence-corrected chi connectivity index (χ0v) is 11.6. The Labute approximate surface area is 110 Å². The lowest BCUT2D eigenvalue weighted by Gasteiger charge is -2.28. The molecule has 2 rings (SSSR count). The maximum absolute atomic E-state index is 6.06. The van der Waals surface area contributed by atoms with Crippen LogP contribution in [0.1, 0.15) is 50.4 Å². The van der Waals surface area contributed by atoms with Gasteiger partial charge in [-0.1, -0.05) is 26.2 Å². The van der Waals surface area contributed by atoms with Crippen molar-refractivity contribution in [2.45, 2.75) is 58.3 Å². The molecule has 1 aromatic rings. The first kappa shape index (κ1) is 13.6. The van der Waals surface area contributed by atoms with Gasteiger partial charge < -0.3 is 14.5 Å². The summed E-state index contributed by atoms with van der Waals surface area (Å²) in [6.07, 6.45) is 8.63. The van der Waals surface area contributed by atoms with Crippen LogP contribution in [0.5, 0.6) is 0 Å². The smallest absolute Gasteiger partial charge is 0.123 e. The number of hydrogen-bond donors (Lipinski definition) is 1. The molecule has 1 aliphatic carbocycles. The highest BCUT2D eigenvalue weighted by atomic mass is 16.5. The molecule has 0 aromatic carbocycles.